The van der Waals surface area contributed by atoms with Crippen LogP contribution >= 0.6 is 0 Å². The van der Waals surface area contributed by atoms with Crippen LogP contribution < -0.4 is 0 Å². The van der Waals surface area contributed by atoms with Gasteiger partial charge in [0.1, 0.15) is 0 Å². The Hall–Kier alpha value is -0.0800. The molecule has 2 nitrogen and oxygen atoms in total. The van der Waals surface area contributed by atoms with E-state index in [1.165, 1.54) is 25.8 Å². The topological polar surface area (TPSA) is 23.5 Å². The summed E-state index contributed by atoms with van der Waals surface area (Å²) < 4.78 is 0. The van der Waals surface area contributed by atoms with E-state index in [1.807, 2.05) is 0 Å². The van der Waals surface area contributed by atoms with Gasteiger partial charge in [0.25, 0.3) is 0 Å². The van der Waals surface area contributed by atoms with Gasteiger partial charge in [-0.05, 0) is 32.2 Å². The molecule has 2 aliphatic rings. The van der Waals surface area contributed by atoms with Crippen molar-refractivity contribution in [1.29, 1.82) is 0 Å². The van der Waals surface area contributed by atoms with Crippen molar-refractivity contribution in [3.63, 3.8) is 0 Å². The molecule has 2 rings (SSSR count). The fourth-order valence-corrected chi connectivity index (χ4v) is 1.75. The molecule has 1 saturated heterocycles. The van der Waals surface area contributed by atoms with Crippen LogP contribution in [0.1, 0.15) is 25.7 Å². The molecule has 58 valence electrons. The molecular formula is C8H15NO. The monoisotopic (exact) mass is 141 g/mol. The van der Waals surface area contributed by atoms with E-state index in [0.717, 1.165) is 19.0 Å². The van der Waals surface area contributed by atoms with Gasteiger partial charge in [-0.15, -0.1) is 0 Å². The number of hydrogen-bond donors (Lipinski definition) is 1. The van der Waals surface area contributed by atoms with Crippen LogP contribution in [0.2, 0.25) is 0 Å². The van der Waals surface area contributed by atoms with Crippen LogP contribution in [0.3, 0.4) is 0 Å². The number of likely N-dealkylation sites (tertiary alicyclic amines) is 1. The third-order valence-electron chi connectivity index (χ3n) is 2.49. The lowest BCUT2D eigenvalue weighted by Crippen LogP contribution is -2.39. The van der Waals surface area contributed by atoms with Crippen LogP contribution in [0.5, 0.6) is 0 Å². The van der Waals surface area contributed by atoms with E-state index < -0.39 is 0 Å². The first-order chi connectivity index (χ1) is 4.86. The van der Waals surface area contributed by atoms with Crippen LogP contribution in [0.25, 0.3) is 0 Å². The summed E-state index contributed by atoms with van der Waals surface area (Å²) in [4.78, 5) is 2.44. The van der Waals surface area contributed by atoms with E-state index in [-0.39, 0.29) is 6.10 Å². The molecule has 2 fully saturated rings. The second-order valence-corrected chi connectivity index (χ2v) is 3.52. The van der Waals surface area contributed by atoms with Crippen LogP contribution in [-0.4, -0.2) is 35.2 Å². The molecule has 0 spiro atoms. The molecule has 0 aromatic carbocycles. The predicted octanol–water partition coefficient (Wildman–Crippen LogP) is 0.605. The average molecular weight is 141 g/mol. The van der Waals surface area contributed by atoms with Crippen LogP contribution in [0.4, 0.5) is 0 Å². The molecule has 1 atom stereocenters. The highest BCUT2D eigenvalue weighted by atomic mass is 16.3. The van der Waals surface area contributed by atoms with Crippen LogP contribution in [0, 0.1) is 0 Å². The largest absolute Gasteiger partial charge is 0.392 e. The molecule has 2 heteroatoms. The third kappa shape index (κ3) is 1.32. The van der Waals surface area contributed by atoms with Gasteiger partial charge in [-0.1, -0.05) is 0 Å². The Bertz CT molecular complexity index is 122. The highest BCUT2D eigenvalue weighted by molar-refractivity contribution is 4.87. The van der Waals surface area contributed by atoms with Crippen molar-refractivity contribution in [1.82, 2.24) is 4.90 Å². The summed E-state index contributed by atoms with van der Waals surface area (Å²) in [5.74, 6) is 0. The lowest BCUT2D eigenvalue weighted by atomic mass is 10.1. The van der Waals surface area contributed by atoms with Crippen LogP contribution in [0.15, 0.2) is 0 Å². The summed E-state index contributed by atoms with van der Waals surface area (Å²) in [6.45, 7) is 2.16. The highest BCUT2D eigenvalue weighted by Gasteiger charge is 2.31. The molecule has 0 amide bonds. The first-order valence-corrected chi connectivity index (χ1v) is 4.28. The fraction of sp³-hybridized carbons (Fsp3) is 1.00. The zero-order valence-electron chi connectivity index (χ0n) is 6.29. The normalized spacial score (nSPS) is 36.3. The standard InChI is InChI=1S/C8H15NO/c10-8-2-1-5-9(6-8)7-3-4-7/h7-8,10H,1-6H2. The van der Waals surface area contributed by atoms with Gasteiger partial charge in [0.05, 0.1) is 6.10 Å². The van der Waals surface area contributed by atoms with E-state index in [4.69, 9.17) is 0 Å². The van der Waals surface area contributed by atoms with E-state index >= 15 is 0 Å². The molecule has 1 unspecified atom stereocenters. The Labute approximate surface area is 61.8 Å². The van der Waals surface area contributed by atoms with Crippen molar-refractivity contribution in [3.8, 4) is 0 Å². The summed E-state index contributed by atoms with van der Waals surface area (Å²) in [7, 11) is 0. The number of aliphatic hydroxyl groups excluding tert-OH is 1. The molecule has 1 aliphatic carbocycles. The first-order valence-electron chi connectivity index (χ1n) is 4.28. The molecule has 0 aromatic rings. The number of aliphatic hydroxyl groups is 1. The summed E-state index contributed by atoms with van der Waals surface area (Å²) in [5.41, 5.74) is 0. The van der Waals surface area contributed by atoms with Crippen molar-refractivity contribution in [2.45, 2.75) is 37.8 Å². The minimum atomic E-state index is -0.0330. The van der Waals surface area contributed by atoms with Gasteiger partial charge in [0.15, 0.2) is 0 Å². The van der Waals surface area contributed by atoms with Gasteiger partial charge < -0.3 is 5.11 Å². The lowest BCUT2D eigenvalue weighted by Gasteiger charge is -2.29. The Morgan fingerprint density at radius 3 is 2.60 bits per heavy atom. The molecule has 1 N–H and O–H groups in total. The second-order valence-electron chi connectivity index (χ2n) is 3.52. The Kier molecular flexibility index (Phi) is 1.66. The SMILES string of the molecule is OC1CCCN(C2CC2)C1. The molecule has 0 radical (unpaired) electrons. The average Bonchev–Trinajstić information content (AvgIpc) is 2.68. The minimum absolute atomic E-state index is 0.0330. The number of nitrogens with zero attached hydrogens (tertiary/aromatic N) is 1. The molecule has 0 aromatic heterocycles. The van der Waals surface area contributed by atoms with Crippen LogP contribution in [-0.2, 0) is 0 Å². The van der Waals surface area contributed by atoms with Crippen molar-refractivity contribution < 1.29 is 5.11 Å². The smallest absolute Gasteiger partial charge is 0.0667 e. The summed E-state index contributed by atoms with van der Waals surface area (Å²) in [6, 6.07) is 0.843. The molecule has 1 heterocycles. The predicted molar refractivity (Wildman–Crippen MR) is 39.8 cm³/mol. The zero-order valence-corrected chi connectivity index (χ0v) is 6.29. The second kappa shape index (κ2) is 2.51. The minimum Gasteiger partial charge on any atom is -0.392 e. The number of piperidine rings is 1. The quantitative estimate of drug-likeness (QED) is 0.578. The summed E-state index contributed by atoms with van der Waals surface area (Å²) in [6.07, 6.45) is 4.91. The number of hydrogen-bond acceptors (Lipinski definition) is 2. The van der Waals surface area contributed by atoms with Gasteiger partial charge in [-0.3, -0.25) is 4.90 Å². The molecule has 1 aliphatic heterocycles. The van der Waals surface area contributed by atoms with Crippen molar-refractivity contribution >= 4 is 0 Å². The number of rotatable bonds is 1. The fourth-order valence-electron chi connectivity index (χ4n) is 1.75. The summed E-state index contributed by atoms with van der Waals surface area (Å²) in [5, 5.41) is 9.31. The van der Waals surface area contributed by atoms with E-state index in [2.05, 4.69) is 4.90 Å². The molecular weight excluding hydrogens is 126 g/mol. The van der Waals surface area contributed by atoms with E-state index in [0.29, 0.717) is 0 Å². The Morgan fingerprint density at radius 1 is 1.20 bits per heavy atom. The first kappa shape index (κ1) is 6.62. The highest BCUT2D eigenvalue weighted by Crippen LogP contribution is 2.29. The van der Waals surface area contributed by atoms with Gasteiger partial charge >= 0.3 is 0 Å². The maximum Gasteiger partial charge on any atom is 0.0667 e. The molecule has 10 heavy (non-hydrogen) atoms. The maximum atomic E-state index is 9.31. The molecule has 0 bridgehead atoms. The van der Waals surface area contributed by atoms with Crippen molar-refractivity contribution in [2.24, 2.45) is 0 Å². The van der Waals surface area contributed by atoms with E-state index in [9.17, 15) is 5.11 Å². The lowest BCUT2D eigenvalue weighted by molar-refractivity contribution is 0.0665. The van der Waals surface area contributed by atoms with Gasteiger partial charge in [-0.2, -0.15) is 0 Å². The Morgan fingerprint density at radius 2 is 2.00 bits per heavy atom. The van der Waals surface area contributed by atoms with Crippen molar-refractivity contribution in [3.05, 3.63) is 0 Å². The third-order valence-corrected chi connectivity index (χ3v) is 2.49. The zero-order chi connectivity index (χ0) is 6.97. The van der Waals surface area contributed by atoms with Gasteiger partial charge in [0, 0.05) is 12.6 Å². The molecule has 1 saturated carbocycles. The summed E-state index contributed by atoms with van der Waals surface area (Å²) >= 11 is 0. The van der Waals surface area contributed by atoms with Gasteiger partial charge in [0.2, 0.25) is 0 Å². The Balaban J connectivity index is 1.84. The maximum absolute atomic E-state index is 9.31. The number of β-amino-alcohol motifs (C(OH)–C–C–N with tert-alkyl or cyclic N) is 1. The van der Waals surface area contributed by atoms with Gasteiger partial charge in [-0.25, -0.2) is 0 Å². The van der Waals surface area contributed by atoms with Crippen molar-refractivity contribution in [2.75, 3.05) is 13.1 Å². The van der Waals surface area contributed by atoms with E-state index in [1.54, 1.807) is 0 Å².